The molecule has 176 valence electrons. The molecule has 2 aromatic carbocycles. The van der Waals surface area contributed by atoms with Gasteiger partial charge in [0.1, 0.15) is 22.0 Å². The summed E-state index contributed by atoms with van der Waals surface area (Å²) >= 11 is 0.522. The number of halogens is 4. The van der Waals surface area contributed by atoms with Gasteiger partial charge < -0.3 is 9.73 Å². The lowest BCUT2D eigenvalue weighted by molar-refractivity contribution is -0.134. The van der Waals surface area contributed by atoms with Crippen LogP contribution in [-0.2, 0) is 11.6 Å². The van der Waals surface area contributed by atoms with E-state index in [2.05, 4.69) is 15.3 Å². The number of hydrogen-bond acceptors (Lipinski definition) is 5. The van der Waals surface area contributed by atoms with Crippen LogP contribution in [-0.4, -0.2) is 22.4 Å². The SMILES string of the molecule is CC(C)(CNC(=O)c1cccc(-c2ncc(C(F)(F)F)s2)c1)c1coc(-c2ccc(F)cc2)n1. The zero-order valence-electron chi connectivity index (χ0n) is 18.1. The quantitative estimate of drug-likeness (QED) is 0.322. The third-order valence-electron chi connectivity index (χ3n) is 5.14. The van der Waals surface area contributed by atoms with Crippen molar-refractivity contribution in [3.8, 4) is 22.0 Å². The van der Waals surface area contributed by atoms with Crippen molar-refractivity contribution < 1.29 is 26.8 Å². The van der Waals surface area contributed by atoms with Crippen molar-refractivity contribution in [3.05, 3.63) is 82.9 Å². The lowest BCUT2D eigenvalue weighted by Crippen LogP contribution is -2.37. The van der Waals surface area contributed by atoms with Crippen LogP contribution in [0.25, 0.3) is 22.0 Å². The van der Waals surface area contributed by atoms with Gasteiger partial charge in [0.25, 0.3) is 5.91 Å². The topological polar surface area (TPSA) is 68.0 Å². The van der Waals surface area contributed by atoms with Gasteiger partial charge in [0, 0.05) is 28.7 Å². The highest BCUT2D eigenvalue weighted by Crippen LogP contribution is 2.36. The van der Waals surface area contributed by atoms with Gasteiger partial charge in [0.2, 0.25) is 5.89 Å². The number of oxazole rings is 1. The van der Waals surface area contributed by atoms with Crippen molar-refractivity contribution in [1.82, 2.24) is 15.3 Å². The van der Waals surface area contributed by atoms with Gasteiger partial charge >= 0.3 is 6.18 Å². The Morgan fingerprint density at radius 2 is 1.82 bits per heavy atom. The number of carbonyl (C=O) groups excluding carboxylic acids is 1. The highest BCUT2D eigenvalue weighted by molar-refractivity contribution is 7.15. The normalized spacial score (nSPS) is 12.1. The molecule has 10 heteroatoms. The molecule has 0 aliphatic carbocycles. The monoisotopic (exact) mass is 489 g/mol. The first-order valence-electron chi connectivity index (χ1n) is 10.2. The molecule has 0 fully saturated rings. The van der Waals surface area contributed by atoms with E-state index in [0.29, 0.717) is 39.6 Å². The Balaban J connectivity index is 1.45. The van der Waals surface area contributed by atoms with Gasteiger partial charge in [-0.15, -0.1) is 11.3 Å². The molecule has 0 aliphatic heterocycles. The van der Waals surface area contributed by atoms with Crippen LogP contribution in [0.5, 0.6) is 0 Å². The number of hydrogen-bond donors (Lipinski definition) is 1. The molecule has 5 nitrogen and oxygen atoms in total. The van der Waals surface area contributed by atoms with Crippen molar-refractivity contribution in [2.45, 2.75) is 25.4 Å². The van der Waals surface area contributed by atoms with Crippen LogP contribution in [0.1, 0.15) is 34.8 Å². The van der Waals surface area contributed by atoms with Crippen LogP contribution in [0.15, 0.2) is 65.4 Å². The van der Waals surface area contributed by atoms with E-state index in [1.807, 2.05) is 13.8 Å². The molecule has 2 aromatic heterocycles. The lowest BCUT2D eigenvalue weighted by Gasteiger charge is -2.22. The first kappa shape index (κ1) is 23.6. The molecule has 0 atom stereocenters. The number of nitrogens with one attached hydrogen (secondary N) is 1. The van der Waals surface area contributed by atoms with E-state index in [1.54, 1.807) is 30.3 Å². The Labute approximate surface area is 196 Å². The van der Waals surface area contributed by atoms with Crippen LogP contribution in [0.3, 0.4) is 0 Å². The number of thiazole rings is 1. The third-order valence-corrected chi connectivity index (χ3v) is 6.23. The number of aromatic nitrogens is 2. The average Bonchev–Trinajstić information content (AvgIpc) is 3.49. The molecule has 0 bridgehead atoms. The minimum atomic E-state index is -4.46. The summed E-state index contributed by atoms with van der Waals surface area (Å²) in [5.74, 6) is -0.410. The Bertz CT molecular complexity index is 1310. The van der Waals surface area contributed by atoms with Gasteiger partial charge in [-0.3, -0.25) is 4.79 Å². The van der Waals surface area contributed by atoms with Crippen LogP contribution in [0, 0.1) is 5.82 Å². The number of benzene rings is 2. The second kappa shape index (κ2) is 9.02. The minimum Gasteiger partial charge on any atom is -0.444 e. The molecule has 4 rings (SSSR count). The summed E-state index contributed by atoms with van der Waals surface area (Å²) in [6.45, 7) is 3.98. The molecular weight excluding hydrogens is 470 g/mol. The predicted molar refractivity (Wildman–Crippen MR) is 120 cm³/mol. The van der Waals surface area contributed by atoms with E-state index < -0.39 is 16.5 Å². The smallest absolute Gasteiger partial charge is 0.427 e. The molecule has 4 aromatic rings. The average molecular weight is 489 g/mol. The molecule has 0 aliphatic rings. The first-order valence-corrected chi connectivity index (χ1v) is 11.0. The Morgan fingerprint density at radius 1 is 1.09 bits per heavy atom. The van der Waals surface area contributed by atoms with Crippen molar-refractivity contribution in [3.63, 3.8) is 0 Å². The highest BCUT2D eigenvalue weighted by atomic mass is 32.1. The summed E-state index contributed by atoms with van der Waals surface area (Å²) in [4.78, 5) is 20.2. The van der Waals surface area contributed by atoms with Gasteiger partial charge in [-0.25, -0.2) is 14.4 Å². The van der Waals surface area contributed by atoms with Gasteiger partial charge in [0.05, 0.1) is 11.9 Å². The highest BCUT2D eigenvalue weighted by Gasteiger charge is 2.33. The van der Waals surface area contributed by atoms with Crippen molar-refractivity contribution in [2.24, 2.45) is 0 Å². The largest absolute Gasteiger partial charge is 0.444 e. The van der Waals surface area contributed by atoms with E-state index in [9.17, 15) is 22.4 Å². The Kier molecular flexibility index (Phi) is 6.26. The van der Waals surface area contributed by atoms with Gasteiger partial charge in [-0.05, 0) is 36.4 Å². The zero-order valence-corrected chi connectivity index (χ0v) is 18.9. The maximum absolute atomic E-state index is 13.1. The summed E-state index contributed by atoms with van der Waals surface area (Å²) in [5.41, 5.74) is 1.35. The van der Waals surface area contributed by atoms with Crippen molar-refractivity contribution in [1.29, 1.82) is 0 Å². The fourth-order valence-corrected chi connectivity index (χ4v) is 3.92. The van der Waals surface area contributed by atoms with Crippen molar-refractivity contribution >= 4 is 17.2 Å². The van der Waals surface area contributed by atoms with Crippen molar-refractivity contribution in [2.75, 3.05) is 6.54 Å². The molecule has 0 unspecified atom stereocenters. The van der Waals surface area contributed by atoms with E-state index in [4.69, 9.17) is 4.42 Å². The molecule has 34 heavy (non-hydrogen) atoms. The predicted octanol–water partition coefficient (Wildman–Crippen LogP) is 6.33. The van der Waals surface area contributed by atoms with Gasteiger partial charge in [-0.2, -0.15) is 13.2 Å². The van der Waals surface area contributed by atoms with E-state index in [0.717, 1.165) is 6.20 Å². The molecule has 2 heterocycles. The molecule has 1 amide bonds. The number of nitrogens with zero attached hydrogens (tertiary/aromatic N) is 2. The first-order chi connectivity index (χ1) is 16.0. The van der Waals surface area contributed by atoms with E-state index in [1.165, 1.54) is 24.5 Å². The molecule has 0 saturated carbocycles. The number of carbonyl (C=O) groups is 1. The summed E-state index contributed by atoms with van der Waals surface area (Å²) < 4.78 is 57.3. The number of rotatable bonds is 6. The summed E-state index contributed by atoms with van der Waals surface area (Å²) in [6, 6.07) is 12.0. The molecule has 0 saturated heterocycles. The number of amides is 1. The van der Waals surface area contributed by atoms with Crippen LogP contribution < -0.4 is 5.32 Å². The maximum atomic E-state index is 13.1. The zero-order chi connectivity index (χ0) is 24.5. The fourth-order valence-electron chi connectivity index (χ4n) is 3.14. The van der Waals surface area contributed by atoms with E-state index >= 15 is 0 Å². The molecule has 0 spiro atoms. The molecule has 1 N–H and O–H groups in total. The third kappa shape index (κ3) is 5.17. The fraction of sp³-hybridized carbons (Fsp3) is 0.208. The second-order valence-corrected chi connectivity index (χ2v) is 9.25. The van der Waals surface area contributed by atoms with Crippen LogP contribution in [0.4, 0.5) is 17.6 Å². The van der Waals surface area contributed by atoms with Gasteiger partial charge in [-0.1, -0.05) is 26.0 Å². The summed E-state index contributed by atoms with van der Waals surface area (Å²) in [7, 11) is 0. The standard InChI is InChI=1S/C24H19F4N3O2S/c1-23(2,18-12-33-21(31-18)14-6-8-17(25)9-7-14)13-30-20(32)15-4-3-5-16(10-15)22-29-11-19(34-22)24(26,27)28/h3-12H,13H2,1-2H3,(H,30,32). The van der Waals surface area contributed by atoms with E-state index in [-0.39, 0.29) is 23.3 Å². The van der Waals surface area contributed by atoms with Gasteiger partial charge in [0.15, 0.2) is 0 Å². The van der Waals surface area contributed by atoms with Crippen LogP contribution >= 0.6 is 11.3 Å². The lowest BCUT2D eigenvalue weighted by atomic mass is 9.90. The Hall–Kier alpha value is -3.53. The van der Waals surface area contributed by atoms with Crippen LogP contribution in [0.2, 0.25) is 0 Å². The maximum Gasteiger partial charge on any atom is 0.427 e. The molecular formula is C24H19F4N3O2S. The minimum absolute atomic E-state index is 0.179. The summed E-state index contributed by atoms with van der Waals surface area (Å²) in [5, 5.41) is 3.01. The summed E-state index contributed by atoms with van der Waals surface area (Å²) in [6.07, 6.45) is -2.19. The molecule has 0 radical (unpaired) electrons. The second-order valence-electron chi connectivity index (χ2n) is 8.22. The number of alkyl halides is 3. The Morgan fingerprint density at radius 3 is 2.50 bits per heavy atom.